The van der Waals surface area contributed by atoms with Crippen LogP contribution in [0.2, 0.25) is 0 Å². The van der Waals surface area contributed by atoms with E-state index in [-0.39, 0.29) is 42.5 Å². The predicted molar refractivity (Wildman–Crippen MR) is 112 cm³/mol. The van der Waals surface area contributed by atoms with Gasteiger partial charge in [-0.25, -0.2) is 4.98 Å². The van der Waals surface area contributed by atoms with Gasteiger partial charge in [-0.15, -0.1) is 11.3 Å². The summed E-state index contributed by atoms with van der Waals surface area (Å²) < 4.78 is 0. The molecule has 1 N–H and O–H groups in total. The molecule has 3 amide bonds. The fourth-order valence-corrected chi connectivity index (χ4v) is 4.68. The average Bonchev–Trinajstić information content (AvgIpc) is 3.26. The fourth-order valence-electron chi connectivity index (χ4n) is 3.95. The zero-order chi connectivity index (χ0) is 20.5. The molecular formula is C22H23N3O3S. The molecule has 0 radical (unpaired) electrons. The fraction of sp³-hybridized carbons (Fsp3) is 0.364. The van der Waals surface area contributed by atoms with Gasteiger partial charge in [-0.3, -0.25) is 19.3 Å². The molecule has 2 aliphatic rings. The number of fused-ring (bicyclic) bond motifs is 1. The molecular weight excluding hydrogens is 386 g/mol. The van der Waals surface area contributed by atoms with Crippen LogP contribution < -0.4 is 5.32 Å². The number of carbonyl (C=O) groups excluding carboxylic acids is 3. The van der Waals surface area contributed by atoms with E-state index in [0.29, 0.717) is 18.0 Å². The molecule has 4 rings (SSSR count). The van der Waals surface area contributed by atoms with Gasteiger partial charge in [0, 0.05) is 23.9 Å². The third kappa shape index (κ3) is 3.87. The molecule has 2 atom stereocenters. The summed E-state index contributed by atoms with van der Waals surface area (Å²) in [7, 11) is 0. The van der Waals surface area contributed by atoms with Gasteiger partial charge >= 0.3 is 0 Å². The van der Waals surface area contributed by atoms with Gasteiger partial charge in [0.15, 0.2) is 5.13 Å². The number of hydrogen-bond acceptors (Lipinski definition) is 5. The molecule has 6 nitrogen and oxygen atoms in total. The quantitative estimate of drug-likeness (QED) is 0.603. The van der Waals surface area contributed by atoms with Crippen LogP contribution in [0.1, 0.15) is 30.4 Å². The number of imide groups is 1. The van der Waals surface area contributed by atoms with E-state index in [1.165, 1.54) is 16.2 Å². The number of amides is 3. The van der Waals surface area contributed by atoms with Crippen molar-refractivity contribution in [3.63, 3.8) is 0 Å². The van der Waals surface area contributed by atoms with Crippen LogP contribution in [0.25, 0.3) is 11.3 Å². The largest absolute Gasteiger partial charge is 0.302 e. The number of thiazole rings is 1. The molecule has 0 bridgehead atoms. The number of aryl methyl sites for hydroxylation is 2. The van der Waals surface area contributed by atoms with Crippen LogP contribution in [0.4, 0.5) is 5.13 Å². The summed E-state index contributed by atoms with van der Waals surface area (Å²) >= 11 is 1.36. The summed E-state index contributed by atoms with van der Waals surface area (Å²) in [6, 6.07) is 6.19. The van der Waals surface area contributed by atoms with E-state index in [0.717, 1.165) is 22.4 Å². The standard InChI is InChI=1S/C22H23N3O3S/c1-13-7-8-14(2)17(11-13)18-12-29-22(23-18)24-19(26)9-10-25-20(27)15-5-3-4-6-16(15)21(25)28/h3-4,7-8,11-12,15-16H,5-6,9-10H2,1-2H3,(H,23,24,26)/t15-,16-/m0/s1. The number of nitrogens with zero attached hydrogens (tertiary/aromatic N) is 2. The molecule has 7 heteroatoms. The Morgan fingerprint density at radius 1 is 1.17 bits per heavy atom. The Morgan fingerprint density at radius 2 is 1.86 bits per heavy atom. The summed E-state index contributed by atoms with van der Waals surface area (Å²) in [5.74, 6) is -1.06. The number of aromatic nitrogens is 1. The van der Waals surface area contributed by atoms with Gasteiger partial charge in [0.1, 0.15) is 0 Å². The highest BCUT2D eigenvalue weighted by Gasteiger charge is 2.46. The monoisotopic (exact) mass is 409 g/mol. The number of likely N-dealkylation sites (tertiary alicyclic amines) is 1. The molecule has 2 heterocycles. The second kappa shape index (κ2) is 7.91. The molecule has 0 saturated carbocycles. The zero-order valence-electron chi connectivity index (χ0n) is 16.5. The summed E-state index contributed by atoms with van der Waals surface area (Å²) in [5.41, 5.74) is 4.15. The number of carbonyl (C=O) groups is 3. The molecule has 0 spiro atoms. The molecule has 0 unspecified atom stereocenters. The number of nitrogens with one attached hydrogen (secondary N) is 1. The SMILES string of the molecule is Cc1ccc(C)c(-c2csc(NC(=O)CCN3C(=O)[C@H]4CC=CC[C@@H]4C3=O)n2)c1. The van der Waals surface area contributed by atoms with E-state index in [1.54, 1.807) is 0 Å². The molecule has 1 fully saturated rings. The minimum Gasteiger partial charge on any atom is -0.302 e. The van der Waals surface area contributed by atoms with Gasteiger partial charge < -0.3 is 5.32 Å². The van der Waals surface area contributed by atoms with Crippen LogP contribution in [0.15, 0.2) is 35.7 Å². The number of hydrogen-bond donors (Lipinski definition) is 1. The van der Waals surface area contributed by atoms with Gasteiger partial charge in [0.05, 0.1) is 17.5 Å². The lowest BCUT2D eigenvalue weighted by molar-refractivity contribution is -0.140. The lowest BCUT2D eigenvalue weighted by Crippen LogP contribution is -2.34. The van der Waals surface area contributed by atoms with Crippen molar-refractivity contribution in [1.29, 1.82) is 0 Å². The summed E-state index contributed by atoms with van der Waals surface area (Å²) in [5, 5.41) is 5.23. The van der Waals surface area contributed by atoms with Crippen LogP contribution in [0, 0.1) is 25.7 Å². The van der Waals surface area contributed by atoms with E-state index in [9.17, 15) is 14.4 Å². The van der Waals surface area contributed by atoms with Crippen molar-refractivity contribution in [2.75, 3.05) is 11.9 Å². The first kappa shape index (κ1) is 19.5. The van der Waals surface area contributed by atoms with Crippen LogP contribution in [0.3, 0.4) is 0 Å². The van der Waals surface area contributed by atoms with Crippen molar-refractivity contribution in [2.45, 2.75) is 33.1 Å². The van der Waals surface area contributed by atoms with Crippen LogP contribution in [0.5, 0.6) is 0 Å². The molecule has 1 aliphatic heterocycles. The van der Waals surface area contributed by atoms with E-state index >= 15 is 0 Å². The Labute approximate surface area is 173 Å². The van der Waals surface area contributed by atoms with E-state index in [2.05, 4.69) is 28.5 Å². The first-order valence-electron chi connectivity index (χ1n) is 9.77. The lowest BCUT2D eigenvalue weighted by Gasteiger charge is -2.14. The first-order valence-corrected chi connectivity index (χ1v) is 10.6. The molecule has 1 saturated heterocycles. The second-order valence-corrected chi connectivity index (χ2v) is 8.50. The van der Waals surface area contributed by atoms with Crippen LogP contribution in [-0.4, -0.2) is 34.2 Å². The zero-order valence-corrected chi connectivity index (χ0v) is 17.3. The molecule has 150 valence electrons. The summed E-state index contributed by atoms with van der Waals surface area (Å²) in [4.78, 5) is 43.1. The Balaban J connectivity index is 1.36. The number of benzene rings is 1. The highest BCUT2D eigenvalue weighted by molar-refractivity contribution is 7.14. The van der Waals surface area contributed by atoms with Crippen molar-refractivity contribution >= 4 is 34.2 Å². The minimum absolute atomic E-state index is 0.0722. The van der Waals surface area contributed by atoms with Crippen molar-refractivity contribution in [3.05, 3.63) is 46.9 Å². The molecule has 2 aromatic rings. The lowest BCUT2D eigenvalue weighted by atomic mass is 9.85. The molecule has 1 aromatic heterocycles. The summed E-state index contributed by atoms with van der Waals surface area (Å²) in [6.45, 7) is 4.18. The van der Waals surface area contributed by atoms with E-state index in [4.69, 9.17) is 0 Å². The maximum Gasteiger partial charge on any atom is 0.233 e. The minimum atomic E-state index is -0.255. The van der Waals surface area contributed by atoms with Gasteiger partial charge in [-0.1, -0.05) is 29.8 Å². The van der Waals surface area contributed by atoms with Crippen molar-refractivity contribution in [2.24, 2.45) is 11.8 Å². The highest BCUT2D eigenvalue weighted by Crippen LogP contribution is 2.35. The topological polar surface area (TPSA) is 79.4 Å². The van der Waals surface area contributed by atoms with E-state index < -0.39 is 0 Å². The van der Waals surface area contributed by atoms with Crippen molar-refractivity contribution in [1.82, 2.24) is 9.88 Å². The number of anilines is 1. The van der Waals surface area contributed by atoms with Crippen molar-refractivity contribution in [3.8, 4) is 11.3 Å². The number of rotatable bonds is 5. The highest BCUT2D eigenvalue weighted by atomic mass is 32.1. The van der Waals surface area contributed by atoms with E-state index in [1.807, 2.05) is 31.4 Å². The summed E-state index contributed by atoms with van der Waals surface area (Å²) in [6.07, 6.45) is 5.20. The Hall–Kier alpha value is -2.80. The first-order chi connectivity index (χ1) is 13.9. The third-order valence-electron chi connectivity index (χ3n) is 5.58. The van der Waals surface area contributed by atoms with Gasteiger partial charge in [0.25, 0.3) is 0 Å². The maximum absolute atomic E-state index is 12.5. The van der Waals surface area contributed by atoms with Gasteiger partial charge in [0.2, 0.25) is 17.7 Å². The van der Waals surface area contributed by atoms with Gasteiger partial charge in [-0.05, 0) is 38.3 Å². The third-order valence-corrected chi connectivity index (χ3v) is 6.34. The van der Waals surface area contributed by atoms with Crippen LogP contribution in [-0.2, 0) is 14.4 Å². The Morgan fingerprint density at radius 3 is 2.55 bits per heavy atom. The smallest absolute Gasteiger partial charge is 0.233 e. The normalized spacial score (nSPS) is 20.8. The molecule has 1 aliphatic carbocycles. The predicted octanol–water partition coefficient (Wildman–Crippen LogP) is 3.71. The molecule has 1 aromatic carbocycles. The maximum atomic E-state index is 12.5. The average molecular weight is 410 g/mol. The Bertz CT molecular complexity index is 984. The van der Waals surface area contributed by atoms with Crippen molar-refractivity contribution < 1.29 is 14.4 Å². The second-order valence-electron chi connectivity index (χ2n) is 7.64. The van der Waals surface area contributed by atoms with Crippen LogP contribution >= 0.6 is 11.3 Å². The molecule has 29 heavy (non-hydrogen) atoms. The van der Waals surface area contributed by atoms with Gasteiger partial charge in [-0.2, -0.15) is 0 Å². The number of allylic oxidation sites excluding steroid dienone is 2. The Kier molecular flexibility index (Phi) is 5.32.